The summed E-state index contributed by atoms with van der Waals surface area (Å²) in [5.74, 6) is 0.861. The zero-order valence-corrected chi connectivity index (χ0v) is 14.5. The van der Waals surface area contributed by atoms with Crippen LogP contribution in [0.2, 0.25) is 0 Å². The fourth-order valence-corrected chi connectivity index (χ4v) is 4.36. The third-order valence-electron chi connectivity index (χ3n) is 5.73. The second-order valence-electron chi connectivity index (χ2n) is 8.15. The number of hydrogen-bond donors (Lipinski definition) is 1. The van der Waals surface area contributed by atoms with E-state index in [1.807, 2.05) is 6.07 Å². The van der Waals surface area contributed by atoms with Gasteiger partial charge in [0.25, 0.3) is 0 Å². The van der Waals surface area contributed by atoms with Crippen molar-refractivity contribution in [1.82, 2.24) is 4.90 Å². The molecule has 1 aromatic carbocycles. The summed E-state index contributed by atoms with van der Waals surface area (Å²) in [6.07, 6.45) is 6.32. The Morgan fingerprint density at radius 2 is 2.00 bits per heavy atom. The van der Waals surface area contributed by atoms with Crippen molar-refractivity contribution in [2.75, 3.05) is 13.1 Å². The lowest BCUT2D eigenvalue weighted by atomic mass is 9.77. The Hall–Kier alpha value is -1.37. The predicted molar refractivity (Wildman–Crippen MR) is 94.0 cm³/mol. The predicted octanol–water partition coefficient (Wildman–Crippen LogP) is 3.56. The Kier molecular flexibility index (Phi) is 4.75. The SMILES string of the molecule is CC1(C)CN(CCC2CCC(N)CC2)Cc2ccc(C#N)cc21. The van der Waals surface area contributed by atoms with Crippen molar-refractivity contribution in [2.24, 2.45) is 11.7 Å². The van der Waals surface area contributed by atoms with Crippen LogP contribution in [0.25, 0.3) is 0 Å². The Morgan fingerprint density at radius 1 is 1.26 bits per heavy atom. The highest BCUT2D eigenvalue weighted by Crippen LogP contribution is 2.35. The zero-order valence-electron chi connectivity index (χ0n) is 14.5. The summed E-state index contributed by atoms with van der Waals surface area (Å²) in [7, 11) is 0. The number of fused-ring (bicyclic) bond motifs is 1. The minimum atomic E-state index is 0.120. The van der Waals surface area contributed by atoms with Gasteiger partial charge in [0, 0.05) is 24.5 Å². The summed E-state index contributed by atoms with van der Waals surface area (Å²) in [5.41, 5.74) is 9.67. The standard InChI is InChI=1S/C20H29N3/c1-20(2)14-23(10-9-15-4-7-18(22)8-5-15)13-17-6-3-16(12-21)11-19(17)20/h3,6,11,15,18H,4-5,7-10,13-14,22H2,1-2H3. The van der Waals surface area contributed by atoms with Gasteiger partial charge in [0.15, 0.2) is 0 Å². The first-order valence-corrected chi connectivity index (χ1v) is 8.99. The zero-order chi connectivity index (χ0) is 16.4. The fourth-order valence-electron chi connectivity index (χ4n) is 4.36. The number of nitrogens with zero attached hydrogens (tertiary/aromatic N) is 2. The van der Waals surface area contributed by atoms with E-state index in [1.165, 1.54) is 49.8 Å². The molecule has 1 heterocycles. The van der Waals surface area contributed by atoms with Crippen molar-refractivity contribution in [1.29, 1.82) is 5.26 Å². The van der Waals surface area contributed by atoms with Crippen molar-refractivity contribution < 1.29 is 0 Å². The number of nitriles is 1. The first kappa shape index (κ1) is 16.5. The fraction of sp³-hybridized carbons (Fsp3) is 0.650. The molecule has 0 saturated heterocycles. The lowest BCUT2D eigenvalue weighted by Gasteiger charge is -2.40. The molecule has 1 aliphatic heterocycles. The van der Waals surface area contributed by atoms with Gasteiger partial charge in [-0.25, -0.2) is 0 Å². The van der Waals surface area contributed by atoms with E-state index in [-0.39, 0.29) is 5.41 Å². The lowest BCUT2D eigenvalue weighted by Crippen LogP contribution is -2.43. The van der Waals surface area contributed by atoms with Crippen LogP contribution in [0.1, 0.15) is 62.6 Å². The highest BCUT2D eigenvalue weighted by atomic mass is 15.1. The third-order valence-corrected chi connectivity index (χ3v) is 5.73. The molecule has 0 spiro atoms. The molecule has 1 aliphatic carbocycles. The van der Waals surface area contributed by atoms with Crippen LogP contribution in [0.4, 0.5) is 0 Å². The molecular weight excluding hydrogens is 282 g/mol. The lowest BCUT2D eigenvalue weighted by molar-refractivity contribution is 0.172. The summed E-state index contributed by atoms with van der Waals surface area (Å²) in [5, 5.41) is 9.14. The summed E-state index contributed by atoms with van der Waals surface area (Å²) in [6.45, 7) is 7.90. The molecule has 0 amide bonds. The normalized spacial score (nSPS) is 27.2. The molecule has 1 fully saturated rings. The molecule has 3 heteroatoms. The summed E-state index contributed by atoms with van der Waals surface area (Å²) >= 11 is 0. The monoisotopic (exact) mass is 311 g/mol. The highest BCUT2D eigenvalue weighted by molar-refractivity contribution is 5.43. The van der Waals surface area contributed by atoms with Crippen molar-refractivity contribution in [3.8, 4) is 6.07 Å². The number of nitrogens with two attached hydrogens (primary N) is 1. The minimum Gasteiger partial charge on any atom is -0.328 e. The van der Waals surface area contributed by atoms with Crippen LogP contribution in [0, 0.1) is 17.2 Å². The topological polar surface area (TPSA) is 53.0 Å². The van der Waals surface area contributed by atoms with Gasteiger partial charge in [-0.15, -0.1) is 0 Å². The highest BCUT2D eigenvalue weighted by Gasteiger charge is 2.32. The number of benzene rings is 1. The van der Waals surface area contributed by atoms with Crippen molar-refractivity contribution in [2.45, 2.75) is 64.0 Å². The molecule has 0 unspecified atom stereocenters. The van der Waals surface area contributed by atoms with Gasteiger partial charge in [0.1, 0.15) is 0 Å². The molecule has 1 saturated carbocycles. The molecule has 3 rings (SSSR count). The quantitative estimate of drug-likeness (QED) is 0.928. The van der Waals surface area contributed by atoms with Gasteiger partial charge >= 0.3 is 0 Å². The Balaban J connectivity index is 1.64. The maximum atomic E-state index is 9.14. The molecule has 0 bridgehead atoms. The van der Waals surface area contributed by atoms with Crippen LogP contribution in [0.5, 0.6) is 0 Å². The van der Waals surface area contributed by atoms with Crippen molar-refractivity contribution in [3.05, 3.63) is 34.9 Å². The van der Waals surface area contributed by atoms with Crippen LogP contribution in [0.15, 0.2) is 18.2 Å². The van der Waals surface area contributed by atoms with Crippen LogP contribution in [-0.2, 0) is 12.0 Å². The van der Waals surface area contributed by atoms with E-state index in [0.29, 0.717) is 6.04 Å². The molecular formula is C20H29N3. The van der Waals surface area contributed by atoms with E-state index < -0.39 is 0 Å². The van der Waals surface area contributed by atoms with Crippen molar-refractivity contribution >= 4 is 0 Å². The van der Waals surface area contributed by atoms with Crippen LogP contribution in [0.3, 0.4) is 0 Å². The second kappa shape index (κ2) is 6.63. The van der Waals surface area contributed by atoms with Crippen LogP contribution in [-0.4, -0.2) is 24.0 Å². The van der Waals surface area contributed by atoms with Gasteiger partial charge in [-0.05, 0) is 67.8 Å². The largest absolute Gasteiger partial charge is 0.328 e. The van der Waals surface area contributed by atoms with Gasteiger partial charge < -0.3 is 5.73 Å². The number of hydrogen-bond acceptors (Lipinski definition) is 3. The second-order valence-corrected chi connectivity index (χ2v) is 8.15. The van der Waals surface area contributed by atoms with Gasteiger partial charge in [-0.1, -0.05) is 19.9 Å². The minimum absolute atomic E-state index is 0.120. The van der Waals surface area contributed by atoms with E-state index in [9.17, 15) is 0 Å². The van der Waals surface area contributed by atoms with E-state index in [4.69, 9.17) is 11.0 Å². The Bertz CT molecular complexity index is 591. The van der Waals surface area contributed by atoms with Crippen molar-refractivity contribution in [3.63, 3.8) is 0 Å². The average Bonchev–Trinajstić information content (AvgIpc) is 2.53. The molecule has 2 aliphatic rings. The molecule has 0 atom stereocenters. The van der Waals surface area contributed by atoms with E-state index in [1.54, 1.807) is 0 Å². The van der Waals surface area contributed by atoms with E-state index in [0.717, 1.165) is 24.6 Å². The van der Waals surface area contributed by atoms with Crippen LogP contribution < -0.4 is 5.73 Å². The van der Waals surface area contributed by atoms with Gasteiger partial charge in [0.05, 0.1) is 11.6 Å². The van der Waals surface area contributed by atoms with Gasteiger partial charge in [-0.3, -0.25) is 4.90 Å². The van der Waals surface area contributed by atoms with E-state index >= 15 is 0 Å². The molecule has 3 nitrogen and oxygen atoms in total. The third kappa shape index (κ3) is 3.76. The summed E-state index contributed by atoms with van der Waals surface area (Å²) < 4.78 is 0. The molecule has 0 radical (unpaired) electrons. The van der Waals surface area contributed by atoms with E-state index in [2.05, 4.69) is 36.9 Å². The van der Waals surface area contributed by atoms with Crippen LogP contribution >= 0.6 is 0 Å². The Labute approximate surface area is 140 Å². The first-order chi connectivity index (χ1) is 11.0. The Morgan fingerprint density at radius 3 is 2.70 bits per heavy atom. The number of rotatable bonds is 3. The maximum Gasteiger partial charge on any atom is 0.0991 e. The summed E-state index contributed by atoms with van der Waals surface area (Å²) in [4.78, 5) is 2.60. The first-order valence-electron chi connectivity index (χ1n) is 8.99. The molecule has 1 aromatic rings. The van der Waals surface area contributed by atoms with Gasteiger partial charge in [0.2, 0.25) is 0 Å². The average molecular weight is 311 g/mol. The maximum absolute atomic E-state index is 9.14. The molecule has 2 N–H and O–H groups in total. The molecule has 124 valence electrons. The summed E-state index contributed by atoms with van der Waals surface area (Å²) in [6, 6.07) is 8.93. The molecule has 23 heavy (non-hydrogen) atoms. The van der Waals surface area contributed by atoms with Gasteiger partial charge in [-0.2, -0.15) is 5.26 Å². The smallest absolute Gasteiger partial charge is 0.0991 e. The molecule has 0 aromatic heterocycles.